The SMILES string of the molecule is CCOCCOC(=O)c1cc(S(=O)(=O)Cl)ccc1C. The Morgan fingerprint density at radius 1 is 1.32 bits per heavy atom. The van der Waals surface area contributed by atoms with Crippen LogP contribution in [0.25, 0.3) is 0 Å². The first-order chi connectivity index (χ1) is 8.86. The molecular weight excluding hydrogens is 292 g/mol. The van der Waals surface area contributed by atoms with Crippen molar-refractivity contribution in [3.63, 3.8) is 0 Å². The first-order valence-corrected chi connectivity index (χ1v) is 7.97. The molecule has 0 unspecified atom stereocenters. The molecule has 0 spiro atoms. The van der Waals surface area contributed by atoms with Crippen molar-refractivity contribution in [3.05, 3.63) is 29.3 Å². The van der Waals surface area contributed by atoms with Crippen LogP contribution in [-0.4, -0.2) is 34.2 Å². The summed E-state index contributed by atoms with van der Waals surface area (Å²) in [5.74, 6) is -0.598. The Morgan fingerprint density at radius 2 is 2.00 bits per heavy atom. The van der Waals surface area contributed by atoms with Crippen molar-refractivity contribution >= 4 is 25.7 Å². The zero-order chi connectivity index (χ0) is 14.5. The monoisotopic (exact) mass is 306 g/mol. The molecule has 0 N–H and O–H groups in total. The number of esters is 1. The highest BCUT2D eigenvalue weighted by molar-refractivity contribution is 8.13. The van der Waals surface area contributed by atoms with Crippen LogP contribution in [0.5, 0.6) is 0 Å². The summed E-state index contributed by atoms with van der Waals surface area (Å²) in [5.41, 5.74) is 0.795. The Kier molecular flexibility index (Phi) is 5.78. The molecule has 106 valence electrons. The topological polar surface area (TPSA) is 69.7 Å². The summed E-state index contributed by atoms with van der Waals surface area (Å²) in [7, 11) is 1.37. The summed E-state index contributed by atoms with van der Waals surface area (Å²) in [6, 6.07) is 4.06. The number of hydrogen-bond donors (Lipinski definition) is 0. The maximum absolute atomic E-state index is 11.8. The lowest BCUT2D eigenvalue weighted by molar-refractivity contribution is 0.0334. The third kappa shape index (κ3) is 4.81. The predicted molar refractivity (Wildman–Crippen MR) is 71.0 cm³/mol. The lowest BCUT2D eigenvalue weighted by Gasteiger charge is -2.08. The normalized spacial score (nSPS) is 11.3. The Bertz CT molecular complexity index is 553. The van der Waals surface area contributed by atoms with Crippen molar-refractivity contribution in [3.8, 4) is 0 Å². The van der Waals surface area contributed by atoms with E-state index in [9.17, 15) is 13.2 Å². The lowest BCUT2D eigenvalue weighted by atomic mass is 10.1. The first-order valence-electron chi connectivity index (χ1n) is 5.66. The average molecular weight is 307 g/mol. The molecule has 7 heteroatoms. The van der Waals surface area contributed by atoms with E-state index in [0.29, 0.717) is 18.8 Å². The van der Waals surface area contributed by atoms with Gasteiger partial charge >= 0.3 is 5.97 Å². The van der Waals surface area contributed by atoms with Crippen LogP contribution in [0.15, 0.2) is 23.1 Å². The number of halogens is 1. The zero-order valence-corrected chi connectivity index (χ0v) is 12.3. The molecule has 0 fully saturated rings. The van der Waals surface area contributed by atoms with Gasteiger partial charge in [0.25, 0.3) is 9.05 Å². The number of hydrogen-bond acceptors (Lipinski definition) is 5. The second-order valence-electron chi connectivity index (χ2n) is 3.75. The van der Waals surface area contributed by atoms with E-state index in [-0.39, 0.29) is 17.1 Å². The summed E-state index contributed by atoms with van der Waals surface area (Å²) in [4.78, 5) is 11.7. The average Bonchev–Trinajstić information content (AvgIpc) is 2.33. The van der Waals surface area contributed by atoms with Gasteiger partial charge in [0.1, 0.15) is 6.61 Å². The van der Waals surface area contributed by atoms with E-state index >= 15 is 0 Å². The molecule has 0 saturated carbocycles. The van der Waals surface area contributed by atoms with Crippen LogP contribution in [-0.2, 0) is 18.5 Å². The highest BCUT2D eigenvalue weighted by Gasteiger charge is 2.16. The molecule has 0 aliphatic carbocycles. The van der Waals surface area contributed by atoms with Crippen LogP contribution in [0.4, 0.5) is 0 Å². The maximum atomic E-state index is 11.8. The number of ether oxygens (including phenoxy) is 2. The molecule has 0 radical (unpaired) electrons. The lowest BCUT2D eigenvalue weighted by Crippen LogP contribution is -2.12. The predicted octanol–water partition coefficient (Wildman–Crippen LogP) is 2.12. The molecular formula is C12H15ClO5S. The number of aryl methyl sites for hydroxylation is 1. The van der Waals surface area contributed by atoms with Crippen LogP contribution >= 0.6 is 10.7 Å². The van der Waals surface area contributed by atoms with E-state index < -0.39 is 15.0 Å². The molecule has 1 aromatic rings. The fourth-order valence-electron chi connectivity index (χ4n) is 1.39. The Balaban J connectivity index is 2.84. The Hall–Kier alpha value is -1.11. The fraction of sp³-hybridized carbons (Fsp3) is 0.417. The molecule has 1 aromatic carbocycles. The van der Waals surface area contributed by atoms with Gasteiger partial charge in [-0.2, -0.15) is 0 Å². The van der Waals surface area contributed by atoms with E-state index in [0.717, 1.165) is 0 Å². The first kappa shape index (κ1) is 15.9. The molecule has 0 bridgehead atoms. The molecule has 19 heavy (non-hydrogen) atoms. The maximum Gasteiger partial charge on any atom is 0.338 e. The van der Waals surface area contributed by atoms with Crippen LogP contribution in [0, 0.1) is 6.92 Å². The van der Waals surface area contributed by atoms with Crippen molar-refractivity contribution in [2.24, 2.45) is 0 Å². The van der Waals surface area contributed by atoms with Gasteiger partial charge in [0, 0.05) is 17.3 Å². The summed E-state index contributed by atoms with van der Waals surface area (Å²) in [6.45, 7) is 4.47. The minimum Gasteiger partial charge on any atom is -0.460 e. The van der Waals surface area contributed by atoms with Gasteiger partial charge in [0.15, 0.2) is 0 Å². The molecule has 5 nitrogen and oxygen atoms in total. The van der Waals surface area contributed by atoms with Gasteiger partial charge in [-0.15, -0.1) is 0 Å². The van der Waals surface area contributed by atoms with Gasteiger partial charge in [-0.25, -0.2) is 13.2 Å². The van der Waals surface area contributed by atoms with Crippen LogP contribution < -0.4 is 0 Å². The van der Waals surface area contributed by atoms with E-state index in [4.69, 9.17) is 20.2 Å². The van der Waals surface area contributed by atoms with Crippen LogP contribution in [0.3, 0.4) is 0 Å². The van der Waals surface area contributed by atoms with Crippen molar-refractivity contribution < 1.29 is 22.7 Å². The Morgan fingerprint density at radius 3 is 2.58 bits per heavy atom. The summed E-state index contributed by atoms with van der Waals surface area (Å²) in [5, 5.41) is 0. The minimum atomic E-state index is -3.86. The molecule has 1 rings (SSSR count). The zero-order valence-electron chi connectivity index (χ0n) is 10.7. The van der Waals surface area contributed by atoms with E-state index in [1.54, 1.807) is 6.92 Å². The molecule has 0 aromatic heterocycles. The van der Waals surface area contributed by atoms with E-state index in [2.05, 4.69) is 0 Å². The van der Waals surface area contributed by atoms with Crippen molar-refractivity contribution in [2.75, 3.05) is 19.8 Å². The third-order valence-corrected chi connectivity index (χ3v) is 3.73. The highest BCUT2D eigenvalue weighted by atomic mass is 35.7. The van der Waals surface area contributed by atoms with Gasteiger partial charge in [-0.1, -0.05) is 6.07 Å². The third-order valence-electron chi connectivity index (χ3n) is 2.38. The fourth-order valence-corrected chi connectivity index (χ4v) is 2.17. The van der Waals surface area contributed by atoms with Crippen molar-refractivity contribution in [2.45, 2.75) is 18.7 Å². The van der Waals surface area contributed by atoms with Gasteiger partial charge < -0.3 is 9.47 Å². The highest BCUT2D eigenvalue weighted by Crippen LogP contribution is 2.19. The van der Waals surface area contributed by atoms with E-state index in [1.807, 2.05) is 6.92 Å². The van der Waals surface area contributed by atoms with Crippen LogP contribution in [0.1, 0.15) is 22.8 Å². The molecule has 0 heterocycles. The van der Waals surface area contributed by atoms with Crippen LogP contribution in [0.2, 0.25) is 0 Å². The number of benzene rings is 1. The second-order valence-corrected chi connectivity index (χ2v) is 6.31. The largest absolute Gasteiger partial charge is 0.460 e. The molecule has 0 atom stereocenters. The Labute approximate surface area is 116 Å². The smallest absolute Gasteiger partial charge is 0.338 e. The summed E-state index contributed by atoms with van der Waals surface area (Å²) in [6.07, 6.45) is 0. The number of carbonyl (C=O) groups excluding carboxylic acids is 1. The minimum absolute atomic E-state index is 0.115. The number of carbonyl (C=O) groups is 1. The molecule has 0 amide bonds. The van der Waals surface area contributed by atoms with Crippen molar-refractivity contribution in [1.82, 2.24) is 0 Å². The van der Waals surface area contributed by atoms with E-state index in [1.165, 1.54) is 18.2 Å². The quantitative estimate of drug-likeness (QED) is 0.457. The summed E-state index contributed by atoms with van der Waals surface area (Å²) < 4.78 is 32.4. The van der Waals surface area contributed by atoms with Gasteiger partial charge in [0.2, 0.25) is 0 Å². The van der Waals surface area contributed by atoms with Gasteiger partial charge in [0.05, 0.1) is 17.1 Å². The van der Waals surface area contributed by atoms with Gasteiger partial charge in [-0.05, 0) is 31.5 Å². The standard InChI is InChI=1S/C12H15ClO5S/c1-3-17-6-7-18-12(14)11-8-10(19(13,15)16)5-4-9(11)2/h4-5,8H,3,6-7H2,1-2H3. The summed E-state index contributed by atoms with van der Waals surface area (Å²) >= 11 is 0. The van der Waals surface area contributed by atoms with Gasteiger partial charge in [-0.3, -0.25) is 0 Å². The second kappa shape index (κ2) is 6.88. The molecule has 0 aliphatic rings. The van der Waals surface area contributed by atoms with Crippen molar-refractivity contribution in [1.29, 1.82) is 0 Å². The molecule has 0 saturated heterocycles. The molecule has 0 aliphatic heterocycles. The number of rotatable bonds is 6.